The third-order valence-electron chi connectivity index (χ3n) is 5.83. The van der Waals surface area contributed by atoms with Gasteiger partial charge in [-0.05, 0) is 41.7 Å². The first-order valence-corrected chi connectivity index (χ1v) is 14.0. The lowest BCUT2D eigenvalue weighted by Gasteiger charge is -2.20. The Morgan fingerprint density at radius 2 is 1.72 bits per heavy atom. The zero-order valence-electron chi connectivity index (χ0n) is 21.9. The van der Waals surface area contributed by atoms with Crippen molar-refractivity contribution >= 4 is 16.1 Å². The number of hydrogen-bond acceptors (Lipinski definition) is 5. The van der Waals surface area contributed by atoms with Crippen molar-refractivity contribution in [2.45, 2.75) is 77.2 Å². The Labute approximate surface area is 215 Å². The Balaban J connectivity index is 1.91. The standard InChI is InChI=1S/C28H37N3O4S/c1-6-8-18-35-27(32)30-36(33,34)25-15-12-21(9-7-2)19-24(25)23-13-10-22(11-14-23)20-31-17-16-29-26(31)28(3,4)5/h10-17,19H,6-9,18,20H2,1-5H3,(H,30,32). The molecule has 0 unspecified atom stereocenters. The minimum atomic E-state index is -4.12. The molecule has 2 aromatic carbocycles. The second-order valence-corrected chi connectivity index (χ2v) is 11.7. The Bertz CT molecular complexity index is 1270. The van der Waals surface area contributed by atoms with Gasteiger partial charge in [0.2, 0.25) is 0 Å². The van der Waals surface area contributed by atoms with E-state index in [-0.39, 0.29) is 16.9 Å². The Morgan fingerprint density at radius 1 is 1.03 bits per heavy atom. The first-order chi connectivity index (χ1) is 17.0. The average Bonchev–Trinajstić information content (AvgIpc) is 3.28. The summed E-state index contributed by atoms with van der Waals surface area (Å²) in [5, 5.41) is 0. The Morgan fingerprint density at radius 3 is 2.36 bits per heavy atom. The molecule has 0 saturated carbocycles. The fourth-order valence-electron chi connectivity index (χ4n) is 4.05. The van der Waals surface area contributed by atoms with Gasteiger partial charge in [0.15, 0.2) is 0 Å². The summed E-state index contributed by atoms with van der Waals surface area (Å²) in [6, 6.07) is 13.1. The number of unbranched alkanes of at least 4 members (excludes halogenated alkanes) is 1. The van der Waals surface area contributed by atoms with E-state index in [2.05, 4.69) is 42.0 Å². The summed E-state index contributed by atoms with van der Waals surface area (Å²) in [7, 11) is -4.12. The van der Waals surface area contributed by atoms with E-state index < -0.39 is 16.1 Å². The normalized spacial score (nSPS) is 11.9. The van der Waals surface area contributed by atoms with E-state index in [4.69, 9.17) is 4.74 Å². The molecule has 7 nitrogen and oxygen atoms in total. The van der Waals surface area contributed by atoms with Gasteiger partial charge in [0.25, 0.3) is 10.0 Å². The van der Waals surface area contributed by atoms with Gasteiger partial charge in [0, 0.05) is 29.9 Å². The maximum Gasteiger partial charge on any atom is 0.421 e. The van der Waals surface area contributed by atoms with Crippen LogP contribution in [0.25, 0.3) is 11.1 Å². The summed E-state index contributed by atoms with van der Waals surface area (Å²) in [6.45, 7) is 11.3. The highest BCUT2D eigenvalue weighted by molar-refractivity contribution is 7.90. The van der Waals surface area contributed by atoms with Gasteiger partial charge >= 0.3 is 6.09 Å². The summed E-state index contributed by atoms with van der Waals surface area (Å²) < 4.78 is 35.4. The van der Waals surface area contributed by atoms with Gasteiger partial charge in [0.1, 0.15) is 5.82 Å². The summed E-state index contributed by atoms with van der Waals surface area (Å²) in [5.74, 6) is 1.00. The molecular formula is C28H37N3O4S. The third-order valence-corrected chi connectivity index (χ3v) is 7.20. The van der Waals surface area contributed by atoms with Crippen LogP contribution in [-0.4, -0.2) is 30.7 Å². The molecule has 194 valence electrons. The first kappa shape index (κ1) is 27.5. The number of rotatable bonds is 10. The molecule has 1 aromatic heterocycles. The highest BCUT2D eigenvalue weighted by Crippen LogP contribution is 2.30. The SMILES string of the molecule is CCCCOC(=O)NS(=O)(=O)c1ccc(CCC)cc1-c1ccc(Cn2ccnc2C(C)(C)C)cc1. The Kier molecular flexibility index (Phi) is 8.95. The van der Waals surface area contributed by atoms with E-state index >= 15 is 0 Å². The highest BCUT2D eigenvalue weighted by Gasteiger charge is 2.23. The van der Waals surface area contributed by atoms with Crippen molar-refractivity contribution in [1.29, 1.82) is 0 Å². The van der Waals surface area contributed by atoms with Crippen LogP contribution in [0, 0.1) is 0 Å². The maximum absolute atomic E-state index is 13.1. The molecule has 36 heavy (non-hydrogen) atoms. The summed E-state index contributed by atoms with van der Waals surface area (Å²) >= 11 is 0. The van der Waals surface area contributed by atoms with Crippen LogP contribution in [0.5, 0.6) is 0 Å². The van der Waals surface area contributed by atoms with Crippen molar-refractivity contribution in [1.82, 2.24) is 14.3 Å². The first-order valence-electron chi connectivity index (χ1n) is 12.5. The Hall–Kier alpha value is -3.13. The minimum Gasteiger partial charge on any atom is -0.449 e. The average molecular weight is 512 g/mol. The van der Waals surface area contributed by atoms with Crippen molar-refractivity contribution < 1.29 is 17.9 Å². The topological polar surface area (TPSA) is 90.3 Å². The lowest BCUT2D eigenvalue weighted by molar-refractivity contribution is 0.151. The molecule has 0 spiro atoms. The largest absolute Gasteiger partial charge is 0.449 e. The van der Waals surface area contributed by atoms with E-state index in [0.29, 0.717) is 18.5 Å². The van der Waals surface area contributed by atoms with E-state index in [9.17, 15) is 13.2 Å². The number of nitrogens with one attached hydrogen (secondary N) is 1. The van der Waals surface area contributed by atoms with Crippen LogP contribution in [0.3, 0.4) is 0 Å². The summed E-state index contributed by atoms with van der Waals surface area (Å²) in [5.41, 5.74) is 3.36. The molecule has 1 amide bonds. The fraction of sp³-hybridized carbons (Fsp3) is 0.429. The molecule has 0 fully saturated rings. The van der Waals surface area contributed by atoms with Crippen LogP contribution >= 0.6 is 0 Å². The van der Waals surface area contributed by atoms with Crippen LogP contribution < -0.4 is 4.72 Å². The number of aryl methyl sites for hydroxylation is 1. The van der Waals surface area contributed by atoms with Crippen LogP contribution in [0.15, 0.2) is 59.8 Å². The fourth-order valence-corrected chi connectivity index (χ4v) is 5.15. The molecule has 0 aliphatic heterocycles. The minimum absolute atomic E-state index is 0.0483. The van der Waals surface area contributed by atoms with Gasteiger partial charge in [-0.3, -0.25) is 0 Å². The van der Waals surface area contributed by atoms with Gasteiger partial charge in [-0.2, -0.15) is 0 Å². The van der Waals surface area contributed by atoms with Crippen molar-refractivity contribution in [2.24, 2.45) is 0 Å². The van der Waals surface area contributed by atoms with Gasteiger partial charge < -0.3 is 9.30 Å². The van der Waals surface area contributed by atoms with Crippen LogP contribution in [0.1, 0.15) is 70.8 Å². The molecule has 0 radical (unpaired) electrons. The molecule has 3 rings (SSSR count). The predicted molar refractivity (Wildman–Crippen MR) is 142 cm³/mol. The third kappa shape index (κ3) is 6.97. The van der Waals surface area contributed by atoms with Crippen molar-refractivity contribution in [3.05, 3.63) is 71.8 Å². The number of amides is 1. The second-order valence-electron chi connectivity index (χ2n) is 10.0. The number of imidazole rings is 1. The zero-order valence-corrected chi connectivity index (χ0v) is 22.7. The number of nitrogens with zero attached hydrogens (tertiary/aromatic N) is 2. The monoisotopic (exact) mass is 511 g/mol. The quantitative estimate of drug-likeness (QED) is 0.334. The van der Waals surface area contributed by atoms with Crippen LogP contribution in [0.2, 0.25) is 0 Å². The zero-order chi connectivity index (χ0) is 26.3. The van der Waals surface area contributed by atoms with Crippen molar-refractivity contribution in [3.63, 3.8) is 0 Å². The number of carbonyl (C=O) groups is 1. The number of hydrogen-bond donors (Lipinski definition) is 1. The maximum atomic E-state index is 13.1. The molecular weight excluding hydrogens is 474 g/mol. The molecule has 1 N–H and O–H groups in total. The van der Waals surface area contributed by atoms with E-state index in [1.54, 1.807) is 12.1 Å². The molecule has 0 aliphatic rings. The van der Waals surface area contributed by atoms with Gasteiger partial charge in [-0.25, -0.2) is 22.9 Å². The van der Waals surface area contributed by atoms with Crippen LogP contribution in [-0.2, 0) is 33.1 Å². The number of benzene rings is 2. The molecule has 0 aliphatic carbocycles. The molecule has 0 bridgehead atoms. The number of aromatic nitrogens is 2. The molecule has 3 aromatic rings. The van der Waals surface area contributed by atoms with Crippen LogP contribution in [0.4, 0.5) is 4.79 Å². The number of sulfonamides is 1. The van der Waals surface area contributed by atoms with Crippen molar-refractivity contribution in [2.75, 3.05) is 6.61 Å². The predicted octanol–water partition coefficient (Wildman–Crippen LogP) is 6.06. The summed E-state index contributed by atoms with van der Waals surface area (Å²) in [4.78, 5) is 16.7. The lowest BCUT2D eigenvalue weighted by atomic mass is 9.95. The van der Waals surface area contributed by atoms with Gasteiger partial charge in [-0.15, -0.1) is 0 Å². The molecule has 0 atom stereocenters. The van der Waals surface area contributed by atoms with Gasteiger partial charge in [-0.1, -0.05) is 77.8 Å². The van der Waals surface area contributed by atoms with Crippen molar-refractivity contribution in [3.8, 4) is 11.1 Å². The molecule has 1 heterocycles. The lowest BCUT2D eigenvalue weighted by Crippen LogP contribution is -2.31. The number of ether oxygens (including phenoxy) is 1. The smallest absolute Gasteiger partial charge is 0.421 e. The summed E-state index contributed by atoms with van der Waals surface area (Å²) in [6.07, 6.45) is 6.11. The second kappa shape index (κ2) is 11.7. The number of carbonyl (C=O) groups excluding carboxylic acids is 1. The van der Waals surface area contributed by atoms with Gasteiger partial charge in [0.05, 0.1) is 11.5 Å². The van der Waals surface area contributed by atoms with E-state index in [0.717, 1.165) is 41.8 Å². The highest BCUT2D eigenvalue weighted by atomic mass is 32.2. The van der Waals surface area contributed by atoms with E-state index in [1.807, 2.05) is 49.6 Å². The van der Waals surface area contributed by atoms with E-state index in [1.165, 1.54) is 0 Å². The molecule has 8 heteroatoms. The molecule has 0 saturated heterocycles.